The zero-order valence-electron chi connectivity index (χ0n) is 12.0. The highest BCUT2D eigenvalue weighted by Gasteiger charge is 2.14. The van der Waals surface area contributed by atoms with E-state index in [1.165, 1.54) is 23.4 Å². The van der Waals surface area contributed by atoms with Crippen molar-refractivity contribution in [2.75, 3.05) is 39.8 Å². The maximum absolute atomic E-state index is 5.60. The van der Waals surface area contributed by atoms with E-state index in [9.17, 15) is 0 Å². The van der Waals surface area contributed by atoms with Crippen LogP contribution in [0.1, 0.15) is 10.6 Å². The average Bonchev–Trinajstić information content (AvgIpc) is 2.83. The van der Waals surface area contributed by atoms with E-state index in [0.717, 1.165) is 36.6 Å². The molecule has 1 aliphatic heterocycles. The van der Waals surface area contributed by atoms with Crippen LogP contribution in [-0.4, -0.2) is 54.6 Å². The van der Waals surface area contributed by atoms with Crippen molar-refractivity contribution in [3.05, 3.63) is 28.8 Å². The highest BCUT2D eigenvalue weighted by atomic mass is 32.1. The Hall–Kier alpha value is -1.01. The van der Waals surface area contributed by atoms with Gasteiger partial charge in [0.25, 0.3) is 0 Å². The first-order valence-corrected chi connectivity index (χ1v) is 8.05. The molecule has 1 fully saturated rings. The Labute approximate surface area is 124 Å². The lowest BCUT2D eigenvalue weighted by molar-refractivity contribution is 0.148. The summed E-state index contributed by atoms with van der Waals surface area (Å²) < 4.78 is 1.29. The van der Waals surface area contributed by atoms with Crippen LogP contribution in [0.15, 0.2) is 18.2 Å². The van der Waals surface area contributed by atoms with Gasteiger partial charge in [0.15, 0.2) is 0 Å². The number of nitrogens with two attached hydrogens (primary N) is 1. The minimum Gasteiger partial charge on any atom is -0.330 e. The zero-order chi connectivity index (χ0) is 13.9. The van der Waals surface area contributed by atoms with Crippen molar-refractivity contribution in [1.29, 1.82) is 0 Å². The first-order valence-electron chi connectivity index (χ1n) is 7.24. The molecule has 1 aliphatic rings. The third-order valence-electron chi connectivity index (χ3n) is 3.86. The molecule has 0 saturated carbocycles. The SMILES string of the molecule is CN1CCN(Cc2ccc3nc(CCN)sc3c2)CC1. The Balaban J connectivity index is 1.72. The van der Waals surface area contributed by atoms with E-state index in [0.29, 0.717) is 6.54 Å². The van der Waals surface area contributed by atoms with Gasteiger partial charge in [0, 0.05) is 39.1 Å². The lowest BCUT2D eigenvalue weighted by Gasteiger charge is -2.32. The van der Waals surface area contributed by atoms with Crippen molar-refractivity contribution in [2.24, 2.45) is 5.73 Å². The summed E-state index contributed by atoms with van der Waals surface area (Å²) in [5.41, 5.74) is 8.11. The van der Waals surface area contributed by atoms with E-state index in [1.54, 1.807) is 11.3 Å². The van der Waals surface area contributed by atoms with Gasteiger partial charge in [-0.1, -0.05) is 6.07 Å². The van der Waals surface area contributed by atoms with Crippen molar-refractivity contribution < 1.29 is 0 Å². The molecule has 1 aromatic heterocycles. The number of hydrogen-bond donors (Lipinski definition) is 1. The predicted octanol–water partition coefficient (Wildman–Crippen LogP) is 1.54. The largest absolute Gasteiger partial charge is 0.330 e. The van der Waals surface area contributed by atoms with Crippen LogP contribution in [-0.2, 0) is 13.0 Å². The summed E-state index contributed by atoms with van der Waals surface area (Å²) in [5, 5.41) is 1.15. The van der Waals surface area contributed by atoms with Crippen LogP contribution in [0, 0.1) is 0 Å². The van der Waals surface area contributed by atoms with Crippen LogP contribution in [0.3, 0.4) is 0 Å². The number of hydrogen-bond acceptors (Lipinski definition) is 5. The van der Waals surface area contributed by atoms with E-state index < -0.39 is 0 Å². The van der Waals surface area contributed by atoms with Crippen LogP contribution >= 0.6 is 11.3 Å². The summed E-state index contributed by atoms with van der Waals surface area (Å²) in [7, 11) is 2.19. The van der Waals surface area contributed by atoms with Crippen molar-refractivity contribution in [2.45, 2.75) is 13.0 Å². The molecule has 5 heteroatoms. The zero-order valence-corrected chi connectivity index (χ0v) is 12.8. The molecular weight excluding hydrogens is 268 g/mol. The summed E-state index contributed by atoms with van der Waals surface area (Å²) >= 11 is 1.78. The molecule has 108 valence electrons. The second-order valence-electron chi connectivity index (χ2n) is 5.53. The molecule has 3 rings (SSSR count). The minimum absolute atomic E-state index is 0.675. The van der Waals surface area contributed by atoms with Crippen molar-refractivity contribution >= 4 is 21.6 Å². The van der Waals surface area contributed by atoms with Crippen molar-refractivity contribution in [3.8, 4) is 0 Å². The van der Waals surface area contributed by atoms with Gasteiger partial charge >= 0.3 is 0 Å². The summed E-state index contributed by atoms with van der Waals surface area (Å²) in [5.74, 6) is 0. The van der Waals surface area contributed by atoms with Gasteiger partial charge in [0.2, 0.25) is 0 Å². The highest BCUT2D eigenvalue weighted by Crippen LogP contribution is 2.24. The topological polar surface area (TPSA) is 45.4 Å². The van der Waals surface area contributed by atoms with Gasteiger partial charge < -0.3 is 10.6 Å². The third kappa shape index (κ3) is 3.17. The number of rotatable bonds is 4. The van der Waals surface area contributed by atoms with E-state index >= 15 is 0 Å². The minimum atomic E-state index is 0.675. The number of thiazole rings is 1. The molecule has 0 atom stereocenters. The summed E-state index contributed by atoms with van der Waals surface area (Å²) in [4.78, 5) is 9.54. The molecule has 0 unspecified atom stereocenters. The fourth-order valence-electron chi connectivity index (χ4n) is 2.61. The van der Waals surface area contributed by atoms with Crippen molar-refractivity contribution in [3.63, 3.8) is 0 Å². The second kappa shape index (κ2) is 6.18. The Bertz CT molecular complexity index is 572. The van der Waals surface area contributed by atoms with E-state index in [1.807, 2.05) is 0 Å². The fraction of sp³-hybridized carbons (Fsp3) is 0.533. The van der Waals surface area contributed by atoms with Gasteiger partial charge in [0.1, 0.15) is 0 Å². The molecule has 0 amide bonds. The third-order valence-corrected chi connectivity index (χ3v) is 4.94. The number of piperazine rings is 1. The van der Waals surface area contributed by atoms with Gasteiger partial charge in [-0.05, 0) is 31.3 Å². The van der Waals surface area contributed by atoms with E-state index in [-0.39, 0.29) is 0 Å². The van der Waals surface area contributed by atoms with Gasteiger partial charge in [-0.2, -0.15) is 0 Å². The van der Waals surface area contributed by atoms with Gasteiger partial charge in [-0.3, -0.25) is 4.90 Å². The quantitative estimate of drug-likeness (QED) is 0.928. The van der Waals surface area contributed by atoms with Crippen LogP contribution < -0.4 is 5.73 Å². The van der Waals surface area contributed by atoms with Crippen LogP contribution in [0.2, 0.25) is 0 Å². The molecule has 0 aliphatic carbocycles. The monoisotopic (exact) mass is 290 g/mol. The summed E-state index contributed by atoms with van der Waals surface area (Å²) in [6, 6.07) is 6.66. The molecule has 1 aromatic carbocycles. The number of aromatic nitrogens is 1. The Kier molecular flexibility index (Phi) is 4.31. The van der Waals surface area contributed by atoms with Gasteiger partial charge in [-0.25, -0.2) is 4.98 Å². The molecular formula is C15H22N4S. The first kappa shape index (κ1) is 13.9. The van der Waals surface area contributed by atoms with Crippen LogP contribution in [0.4, 0.5) is 0 Å². The number of fused-ring (bicyclic) bond motifs is 1. The molecule has 2 N–H and O–H groups in total. The van der Waals surface area contributed by atoms with Crippen LogP contribution in [0.5, 0.6) is 0 Å². The van der Waals surface area contributed by atoms with Crippen LogP contribution in [0.25, 0.3) is 10.2 Å². The van der Waals surface area contributed by atoms with E-state index in [2.05, 4.69) is 40.0 Å². The fourth-order valence-corrected chi connectivity index (χ4v) is 3.66. The normalized spacial score (nSPS) is 17.9. The lowest BCUT2D eigenvalue weighted by atomic mass is 10.2. The predicted molar refractivity (Wildman–Crippen MR) is 85.2 cm³/mol. The summed E-state index contributed by atoms with van der Waals surface area (Å²) in [6.45, 7) is 6.39. The average molecular weight is 290 g/mol. The smallest absolute Gasteiger partial charge is 0.0951 e. The number of likely N-dealkylation sites (N-methyl/N-ethyl adjacent to an activating group) is 1. The summed E-state index contributed by atoms with van der Waals surface area (Å²) in [6.07, 6.45) is 0.882. The standard InChI is InChI=1S/C15H22N4S/c1-18-6-8-19(9-7-18)11-12-2-3-13-14(10-12)20-15(17-13)4-5-16/h2-3,10H,4-9,11,16H2,1H3. The van der Waals surface area contributed by atoms with E-state index in [4.69, 9.17) is 5.73 Å². The Morgan fingerprint density at radius 1 is 1.25 bits per heavy atom. The van der Waals surface area contributed by atoms with Crippen molar-refractivity contribution in [1.82, 2.24) is 14.8 Å². The molecule has 2 heterocycles. The Morgan fingerprint density at radius 3 is 2.80 bits per heavy atom. The molecule has 1 saturated heterocycles. The second-order valence-corrected chi connectivity index (χ2v) is 6.64. The van der Waals surface area contributed by atoms with Gasteiger partial charge in [0.05, 0.1) is 15.2 Å². The molecule has 0 bridgehead atoms. The maximum Gasteiger partial charge on any atom is 0.0951 e. The highest BCUT2D eigenvalue weighted by molar-refractivity contribution is 7.18. The molecule has 2 aromatic rings. The molecule has 0 radical (unpaired) electrons. The molecule has 0 spiro atoms. The molecule has 20 heavy (non-hydrogen) atoms. The first-order chi connectivity index (χ1) is 9.74. The van der Waals surface area contributed by atoms with Gasteiger partial charge in [-0.15, -0.1) is 11.3 Å². The number of benzene rings is 1. The maximum atomic E-state index is 5.60. The number of nitrogens with zero attached hydrogens (tertiary/aromatic N) is 3. The molecule has 4 nitrogen and oxygen atoms in total. The Morgan fingerprint density at radius 2 is 2.05 bits per heavy atom. The lowest BCUT2D eigenvalue weighted by Crippen LogP contribution is -2.43.